The summed E-state index contributed by atoms with van der Waals surface area (Å²) in [5.41, 5.74) is 1.69. The second-order valence-corrected chi connectivity index (χ2v) is 3.35. The van der Waals surface area contributed by atoms with E-state index >= 15 is 0 Å². The Bertz CT molecular complexity index is 267. The molecule has 0 aromatic heterocycles. The number of halogens is 2. The van der Waals surface area contributed by atoms with E-state index < -0.39 is 12.5 Å². The van der Waals surface area contributed by atoms with Gasteiger partial charge in [-0.1, -0.05) is 24.3 Å². The molecule has 78 valence electrons. The molecule has 0 fully saturated rings. The average molecular weight is 200 g/mol. The summed E-state index contributed by atoms with van der Waals surface area (Å²) < 4.78 is 23.8. The van der Waals surface area contributed by atoms with Gasteiger partial charge in [0.2, 0.25) is 6.43 Å². The third-order valence-corrected chi connectivity index (χ3v) is 2.11. The Kier molecular flexibility index (Phi) is 4.01. The first-order valence-corrected chi connectivity index (χ1v) is 4.64. The minimum atomic E-state index is -2.24. The molecule has 1 unspecified atom stereocenters. The van der Waals surface area contributed by atoms with Crippen molar-refractivity contribution < 1.29 is 13.9 Å². The molecule has 1 N–H and O–H groups in total. The SMILES string of the molecule is CC(O)c1ccc(CCC(F)F)cc1. The van der Waals surface area contributed by atoms with Gasteiger partial charge in [0.25, 0.3) is 0 Å². The zero-order valence-electron chi connectivity index (χ0n) is 8.08. The Labute approximate surface area is 82.4 Å². The maximum atomic E-state index is 11.9. The van der Waals surface area contributed by atoms with E-state index in [-0.39, 0.29) is 6.42 Å². The molecule has 0 aliphatic carbocycles. The van der Waals surface area contributed by atoms with Gasteiger partial charge >= 0.3 is 0 Å². The molecule has 1 atom stereocenters. The van der Waals surface area contributed by atoms with Crippen LogP contribution in [-0.4, -0.2) is 11.5 Å². The molecule has 3 heteroatoms. The lowest BCUT2D eigenvalue weighted by atomic mass is 10.1. The molecule has 0 saturated heterocycles. The van der Waals surface area contributed by atoms with Crippen LogP contribution < -0.4 is 0 Å². The van der Waals surface area contributed by atoms with E-state index in [4.69, 9.17) is 0 Å². The number of alkyl halides is 2. The Hall–Kier alpha value is -0.960. The molecule has 1 aromatic carbocycles. The maximum Gasteiger partial charge on any atom is 0.239 e. The Morgan fingerprint density at radius 2 is 1.79 bits per heavy atom. The lowest BCUT2D eigenvalue weighted by Gasteiger charge is -2.05. The zero-order chi connectivity index (χ0) is 10.6. The molecule has 0 heterocycles. The van der Waals surface area contributed by atoms with E-state index in [0.717, 1.165) is 11.1 Å². The summed E-state index contributed by atoms with van der Waals surface area (Å²) in [5, 5.41) is 9.21. The van der Waals surface area contributed by atoms with Crippen LogP contribution in [0.4, 0.5) is 8.78 Å². The first-order valence-electron chi connectivity index (χ1n) is 4.64. The molecule has 0 aliphatic rings. The van der Waals surface area contributed by atoms with E-state index in [9.17, 15) is 13.9 Å². The van der Waals surface area contributed by atoms with Crippen LogP contribution >= 0.6 is 0 Å². The molecule has 0 saturated carbocycles. The van der Waals surface area contributed by atoms with Crippen LogP contribution in [0.3, 0.4) is 0 Å². The van der Waals surface area contributed by atoms with Gasteiger partial charge in [0.1, 0.15) is 0 Å². The fourth-order valence-corrected chi connectivity index (χ4v) is 1.24. The number of aryl methyl sites for hydroxylation is 1. The predicted octanol–water partition coefficient (Wildman–Crippen LogP) is 2.94. The van der Waals surface area contributed by atoms with Gasteiger partial charge in [-0.05, 0) is 24.5 Å². The molecular formula is C11H14F2O. The highest BCUT2D eigenvalue weighted by atomic mass is 19.3. The van der Waals surface area contributed by atoms with Crippen LogP contribution in [-0.2, 0) is 6.42 Å². The summed E-state index contributed by atoms with van der Waals surface area (Å²) in [7, 11) is 0. The first-order chi connectivity index (χ1) is 6.59. The highest BCUT2D eigenvalue weighted by Gasteiger charge is 2.04. The summed E-state index contributed by atoms with van der Waals surface area (Å²) in [6, 6.07) is 7.10. The summed E-state index contributed by atoms with van der Waals surface area (Å²) in [5.74, 6) is 0. The standard InChI is InChI=1S/C11H14F2O/c1-8(14)10-5-2-9(3-6-10)4-7-11(12)13/h2-3,5-6,8,11,14H,4,7H2,1H3. The monoisotopic (exact) mass is 200 g/mol. The molecule has 0 amide bonds. The highest BCUT2D eigenvalue weighted by Crippen LogP contribution is 2.14. The van der Waals surface area contributed by atoms with Crippen LogP contribution in [0.1, 0.15) is 30.6 Å². The van der Waals surface area contributed by atoms with Crippen LogP contribution in [0.2, 0.25) is 0 Å². The van der Waals surface area contributed by atoms with Crippen molar-refractivity contribution in [1.82, 2.24) is 0 Å². The lowest BCUT2D eigenvalue weighted by Crippen LogP contribution is -1.95. The third kappa shape index (κ3) is 3.42. The van der Waals surface area contributed by atoms with Crippen molar-refractivity contribution in [2.45, 2.75) is 32.3 Å². The van der Waals surface area contributed by atoms with E-state index in [2.05, 4.69) is 0 Å². The van der Waals surface area contributed by atoms with Crippen molar-refractivity contribution >= 4 is 0 Å². The molecule has 0 spiro atoms. The Morgan fingerprint density at radius 1 is 1.21 bits per heavy atom. The largest absolute Gasteiger partial charge is 0.389 e. The topological polar surface area (TPSA) is 20.2 Å². The van der Waals surface area contributed by atoms with Gasteiger partial charge in [0.15, 0.2) is 0 Å². The Balaban J connectivity index is 2.55. The van der Waals surface area contributed by atoms with Crippen molar-refractivity contribution in [3.05, 3.63) is 35.4 Å². The summed E-state index contributed by atoms with van der Waals surface area (Å²) in [4.78, 5) is 0. The van der Waals surface area contributed by atoms with Crippen molar-refractivity contribution in [2.75, 3.05) is 0 Å². The fourth-order valence-electron chi connectivity index (χ4n) is 1.24. The smallest absolute Gasteiger partial charge is 0.239 e. The summed E-state index contributed by atoms with van der Waals surface area (Å²) >= 11 is 0. The fraction of sp³-hybridized carbons (Fsp3) is 0.455. The predicted molar refractivity (Wildman–Crippen MR) is 51.4 cm³/mol. The minimum Gasteiger partial charge on any atom is -0.389 e. The van der Waals surface area contributed by atoms with E-state index in [1.807, 2.05) is 0 Å². The van der Waals surface area contributed by atoms with Gasteiger partial charge in [-0.2, -0.15) is 0 Å². The number of hydrogen-bond donors (Lipinski definition) is 1. The van der Waals surface area contributed by atoms with Crippen LogP contribution in [0.15, 0.2) is 24.3 Å². The average Bonchev–Trinajstić information content (AvgIpc) is 2.15. The number of benzene rings is 1. The number of hydrogen-bond acceptors (Lipinski definition) is 1. The van der Waals surface area contributed by atoms with Crippen molar-refractivity contribution in [1.29, 1.82) is 0 Å². The molecule has 0 bridgehead atoms. The Morgan fingerprint density at radius 3 is 2.21 bits per heavy atom. The number of aliphatic hydroxyl groups is 1. The van der Waals surface area contributed by atoms with Gasteiger partial charge in [0.05, 0.1) is 6.10 Å². The van der Waals surface area contributed by atoms with Crippen molar-refractivity contribution in [2.24, 2.45) is 0 Å². The van der Waals surface area contributed by atoms with Gasteiger partial charge < -0.3 is 5.11 Å². The van der Waals surface area contributed by atoms with Gasteiger partial charge in [-0.25, -0.2) is 8.78 Å². The second-order valence-electron chi connectivity index (χ2n) is 3.35. The normalized spacial score (nSPS) is 13.2. The van der Waals surface area contributed by atoms with Crippen molar-refractivity contribution in [3.63, 3.8) is 0 Å². The third-order valence-electron chi connectivity index (χ3n) is 2.11. The summed E-state index contributed by atoms with van der Waals surface area (Å²) in [6.45, 7) is 1.67. The second kappa shape index (κ2) is 5.05. The van der Waals surface area contributed by atoms with E-state index in [1.165, 1.54) is 0 Å². The van der Waals surface area contributed by atoms with E-state index in [1.54, 1.807) is 31.2 Å². The number of rotatable bonds is 4. The molecular weight excluding hydrogens is 186 g/mol. The van der Waals surface area contributed by atoms with Gasteiger partial charge in [0, 0.05) is 6.42 Å². The van der Waals surface area contributed by atoms with E-state index in [0.29, 0.717) is 6.42 Å². The molecule has 14 heavy (non-hydrogen) atoms. The molecule has 0 aliphatic heterocycles. The quantitative estimate of drug-likeness (QED) is 0.792. The number of aliphatic hydroxyl groups excluding tert-OH is 1. The first kappa shape index (κ1) is 11.1. The molecule has 1 nitrogen and oxygen atoms in total. The molecule has 0 radical (unpaired) electrons. The maximum absolute atomic E-state index is 11.9. The van der Waals surface area contributed by atoms with Crippen LogP contribution in [0, 0.1) is 0 Å². The zero-order valence-corrected chi connectivity index (χ0v) is 8.08. The van der Waals surface area contributed by atoms with Gasteiger partial charge in [-0.3, -0.25) is 0 Å². The molecule has 1 rings (SSSR count). The van der Waals surface area contributed by atoms with Crippen LogP contribution in [0.5, 0.6) is 0 Å². The molecule has 1 aromatic rings. The highest BCUT2D eigenvalue weighted by molar-refractivity contribution is 5.23. The minimum absolute atomic E-state index is 0.103. The summed E-state index contributed by atoms with van der Waals surface area (Å²) in [6.07, 6.45) is -2.46. The van der Waals surface area contributed by atoms with Crippen molar-refractivity contribution in [3.8, 4) is 0 Å². The van der Waals surface area contributed by atoms with Crippen LogP contribution in [0.25, 0.3) is 0 Å². The lowest BCUT2D eigenvalue weighted by molar-refractivity contribution is 0.138. The van der Waals surface area contributed by atoms with Gasteiger partial charge in [-0.15, -0.1) is 0 Å².